The average molecular weight is 359 g/mol. The number of thiophene rings is 1. The van der Waals surface area contributed by atoms with Crippen LogP contribution in [0.4, 0.5) is 0 Å². The van der Waals surface area contributed by atoms with E-state index in [0.717, 1.165) is 0 Å². The Bertz CT molecular complexity index is 787. The number of morpholine rings is 1. The SMILES string of the molecule is O=C(O)C[C@@H]1CN(C(=O)c2ccccc2C(=O)c2cccs2)CCO1. The molecule has 2 heterocycles. The zero-order chi connectivity index (χ0) is 17.8. The van der Waals surface area contributed by atoms with E-state index < -0.39 is 12.1 Å². The molecule has 1 fully saturated rings. The topological polar surface area (TPSA) is 83.9 Å². The number of carbonyl (C=O) groups is 3. The largest absolute Gasteiger partial charge is 0.481 e. The Balaban J connectivity index is 1.83. The Morgan fingerprint density at radius 2 is 1.92 bits per heavy atom. The Hall–Kier alpha value is -2.51. The highest BCUT2D eigenvalue weighted by Gasteiger charge is 2.28. The van der Waals surface area contributed by atoms with Crippen LogP contribution in [0.15, 0.2) is 41.8 Å². The zero-order valence-corrected chi connectivity index (χ0v) is 14.2. The van der Waals surface area contributed by atoms with E-state index in [1.807, 2.05) is 5.38 Å². The van der Waals surface area contributed by atoms with Gasteiger partial charge >= 0.3 is 5.97 Å². The summed E-state index contributed by atoms with van der Waals surface area (Å²) in [4.78, 5) is 38.6. The first-order valence-corrected chi connectivity index (χ1v) is 8.74. The summed E-state index contributed by atoms with van der Waals surface area (Å²) in [6.07, 6.45) is -0.685. The Labute approximate surface area is 148 Å². The maximum Gasteiger partial charge on any atom is 0.306 e. The third kappa shape index (κ3) is 3.94. The molecule has 0 spiro atoms. The monoisotopic (exact) mass is 359 g/mol. The lowest BCUT2D eigenvalue weighted by Crippen LogP contribution is -2.46. The van der Waals surface area contributed by atoms with Gasteiger partial charge in [0.05, 0.1) is 29.6 Å². The quantitative estimate of drug-likeness (QED) is 0.828. The van der Waals surface area contributed by atoms with E-state index in [1.165, 1.54) is 11.3 Å². The number of hydrogen-bond donors (Lipinski definition) is 1. The van der Waals surface area contributed by atoms with Gasteiger partial charge in [-0.2, -0.15) is 0 Å². The number of benzene rings is 1. The maximum atomic E-state index is 12.9. The molecule has 1 atom stereocenters. The lowest BCUT2D eigenvalue weighted by molar-refractivity contribution is -0.141. The van der Waals surface area contributed by atoms with E-state index in [-0.39, 0.29) is 31.3 Å². The van der Waals surface area contributed by atoms with Crippen LogP contribution >= 0.6 is 11.3 Å². The van der Waals surface area contributed by atoms with Crippen molar-refractivity contribution in [2.45, 2.75) is 12.5 Å². The molecule has 0 aliphatic carbocycles. The number of aliphatic carboxylic acids is 1. The maximum absolute atomic E-state index is 12.9. The van der Waals surface area contributed by atoms with E-state index in [9.17, 15) is 14.4 Å². The van der Waals surface area contributed by atoms with Gasteiger partial charge in [0.2, 0.25) is 5.78 Å². The van der Waals surface area contributed by atoms with Crippen molar-refractivity contribution in [1.82, 2.24) is 4.90 Å². The summed E-state index contributed by atoms with van der Waals surface area (Å²) in [5, 5.41) is 10.7. The lowest BCUT2D eigenvalue weighted by Gasteiger charge is -2.32. The summed E-state index contributed by atoms with van der Waals surface area (Å²) >= 11 is 1.33. The molecule has 0 saturated carbocycles. The predicted octanol–water partition coefficient (Wildman–Crippen LogP) is 2.29. The van der Waals surface area contributed by atoms with Crippen LogP contribution in [0.1, 0.15) is 32.0 Å². The standard InChI is InChI=1S/C18H17NO5S/c20-16(21)10-12-11-19(7-8-24-12)18(23)14-5-2-1-4-13(14)17(22)15-6-3-9-25-15/h1-6,9,12H,7-8,10-11H2,(H,20,21)/t12-/m1/s1. The molecule has 130 valence electrons. The number of ketones is 1. The fourth-order valence-electron chi connectivity index (χ4n) is 2.80. The molecule has 1 N–H and O–H groups in total. The molecular formula is C18H17NO5S. The van der Waals surface area contributed by atoms with Gasteiger partial charge in [0.15, 0.2) is 0 Å². The van der Waals surface area contributed by atoms with Crippen LogP contribution in [0.5, 0.6) is 0 Å². The number of carbonyl (C=O) groups excluding carboxylic acids is 2. The normalized spacial score (nSPS) is 17.3. The van der Waals surface area contributed by atoms with Gasteiger partial charge in [0, 0.05) is 18.7 Å². The first kappa shape index (κ1) is 17.3. The van der Waals surface area contributed by atoms with Crippen LogP contribution in [0.2, 0.25) is 0 Å². The summed E-state index contributed by atoms with van der Waals surface area (Å²) in [6.45, 7) is 0.855. The molecule has 1 aliphatic rings. The highest BCUT2D eigenvalue weighted by molar-refractivity contribution is 7.12. The smallest absolute Gasteiger partial charge is 0.306 e. The van der Waals surface area contributed by atoms with Crippen molar-refractivity contribution in [2.24, 2.45) is 0 Å². The van der Waals surface area contributed by atoms with Crippen molar-refractivity contribution in [3.63, 3.8) is 0 Å². The molecular weight excluding hydrogens is 342 g/mol. The predicted molar refractivity (Wildman–Crippen MR) is 92.1 cm³/mol. The van der Waals surface area contributed by atoms with Crippen molar-refractivity contribution in [3.05, 3.63) is 57.8 Å². The fraction of sp³-hybridized carbons (Fsp3) is 0.278. The molecule has 7 heteroatoms. The van der Waals surface area contributed by atoms with Crippen LogP contribution in [0, 0.1) is 0 Å². The molecule has 0 unspecified atom stereocenters. The summed E-state index contributed by atoms with van der Waals surface area (Å²) in [7, 11) is 0. The van der Waals surface area contributed by atoms with Crippen LogP contribution < -0.4 is 0 Å². The minimum Gasteiger partial charge on any atom is -0.481 e. The molecule has 1 aromatic carbocycles. The van der Waals surface area contributed by atoms with Gasteiger partial charge in [-0.15, -0.1) is 11.3 Å². The van der Waals surface area contributed by atoms with Crippen molar-refractivity contribution in [3.8, 4) is 0 Å². The average Bonchev–Trinajstić information content (AvgIpc) is 3.15. The van der Waals surface area contributed by atoms with Gasteiger partial charge in [-0.05, 0) is 17.5 Å². The molecule has 1 aromatic heterocycles. The summed E-state index contributed by atoms with van der Waals surface area (Å²) in [5.41, 5.74) is 0.688. The van der Waals surface area contributed by atoms with Crippen LogP contribution in [-0.4, -0.2) is 53.5 Å². The van der Waals surface area contributed by atoms with Gasteiger partial charge in [-0.1, -0.05) is 24.3 Å². The summed E-state index contributed by atoms with van der Waals surface area (Å²) in [5.74, 6) is -1.43. The highest BCUT2D eigenvalue weighted by Crippen LogP contribution is 2.21. The van der Waals surface area contributed by atoms with Gasteiger partial charge in [0.25, 0.3) is 5.91 Å². The number of ether oxygens (including phenoxy) is 1. The van der Waals surface area contributed by atoms with E-state index in [2.05, 4.69) is 0 Å². The number of nitrogens with zero attached hydrogens (tertiary/aromatic N) is 1. The van der Waals surface area contributed by atoms with Gasteiger partial charge in [-0.25, -0.2) is 0 Å². The molecule has 1 aliphatic heterocycles. The molecule has 2 aromatic rings. The molecule has 0 bridgehead atoms. The summed E-state index contributed by atoms with van der Waals surface area (Å²) < 4.78 is 5.40. The van der Waals surface area contributed by atoms with Crippen molar-refractivity contribution in [1.29, 1.82) is 0 Å². The number of carboxylic acids is 1. The van der Waals surface area contributed by atoms with Crippen molar-refractivity contribution in [2.75, 3.05) is 19.7 Å². The van der Waals surface area contributed by atoms with Gasteiger partial charge < -0.3 is 14.7 Å². The highest BCUT2D eigenvalue weighted by atomic mass is 32.1. The fourth-order valence-corrected chi connectivity index (χ4v) is 3.48. The van der Waals surface area contributed by atoms with E-state index in [0.29, 0.717) is 22.5 Å². The third-order valence-corrected chi connectivity index (χ3v) is 4.84. The Kier molecular flexibility index (Phi) is 5.25. The van der Waals surface area contributed by atoms with Crippen LogP contribution in [-0.2, 0) is 9.53 Å². The first-order valence-electron chi connectivity index (χ1n) is 7.86. The number of rotatable bonds is 5. The minimum absolute atomic E-state index is 0.153. The second-order valence-electron chi connectivity index (χ2n) is 5.69. The lowest BCUT2D eigenvalue weighted by atomic mass is 10.0. The molecule has 0 radical (unpaired) electrons. The van der Waals surface area contributed by atoms with Gasteiger partial charge in [0.1, 0.15) is 0 Å². The summed E-state index contributed by atoms with van der Waals surface area (Å²) in [6, 6.07) is 10.2. The minimum atomic E-state index is -0.965. The Morgan fingerprint density at radius 1 is 1.16 bits per heavy atom. The van der Waals surface area contributed by atoms with Crippen LogP contribution in [0.3, 0.4) is 0 Å². The number of carboxylic acid groups (broad SMARTS) is 1. The first-order chi connectivity index (χ1) is 12.1. The van der Waals surface area contributed by atoms with Crippen molar-refractivity contribution < 1.29 is 24.2 Å². The molecule has 1 amide bonds. The molecule has 6 nitrogen and oxygen atoms in total. The molecule has 1 saturated heterocycles. The Morgan fingerprint density at radius 3 is 2.60 bits per heavy atom. The molecule has 3 rings (SSSR count). The second kappa shape index (κ2) is 7.58. The number of hydrogen-bond acceptors (Lipinski definition) is 5. The third-order valence-electron chi connectivity index (χ3n) is 3.98. The van der Waals surface area contributed by atoms with E-state index in [4.69, 9.17) is 9.84 Å². The van der Waals surface area contributed by atoms with E-state index in [1.54, 1.807) is 41.3 Å². The zero-order valence-electron chi connectivity index (χ0n) is 13.4. The molecule has 25 heavy (non-hydrogen) atoms. The van der Waals surface area contributed by atoms with Crippen molar-refractivity contribution >= 4 is 29.0 Å². The number of amides is 1. The van der Waals surface area contributed by atoms with Gasteiger partial charge in [-0.3, -0.25) is 14.4 Å². The van der Waals surface area contributed by atoms with Crippen LogP contribution in [0.25, 0.3) is 0 Å². The second-order valence-corrected chi connectivity index (χ2v) is 6.64. The van der Waals surface area contributed by atoms with E-state index >= 15 is 0 Å².